The molecule has 94 valence electrons. The van der Waals surface area contributed by atoms with Crippen LogP contribution in [-0.4, -0.2) is 38.1 Å². The van der Waals surface area contributed by atoms with Gasteiger partial charge in [-0.1, -0.05) is 28.1 Å². The van der Waals surface area contributed by atoms with Crippen LogP contribution in [0.5, 0.6) is 0 Å². The molecule has 2 amide bonds. The Morgan fingerprint density at radius 2 is 2.12 bits per heavy atom. The van der Waals surface area contributed by atoms with Gasteiger partial charge in [0.05, 0.1) is 0 Å². The number of benzene rings is 1. The van der Waals surface area contributed by atoms with Gasteiger partial charge >= 0.3 is 6.03 Å². The number of halogens is 1. The first-order chi connectivity index (χ1) is 8.09. The molecule has 0 aromatic heterocycles. The lowest BCUT2D eigenvalue weighted by atomic mass is 10.2. The normalized spacial score (nSPS) is 10.1. The van der Waals surface area contributed by atoms with Crippen LogP contribution in [0.15, 0.2) is 28.7 Å². The molecule has 2 N–H and O–H groups in total. The molecule has 0 unspecified atom stereocenters. The molecule has 0 aliphatic carbocycles. The monoisotopic (exact) mass is 299 g/mol. The summed E-state index contributed by atoms with van der Waals surface area (Å²) in [4.78, 5) is 12.7. The van der Waals surface area contributed by atoms with Crippen LogP contribution >= 0.6 is 15.9 Å². The van der Waals surface area contributed by atoms with Crippen LogP contribution in [0.4, 0.5) is 4.79 Å². The van der Waals surface area contributed by atoms with Crippen molar-refractivity contribution in [2.45, 2.75) is 6.54 Å². The molecule has 1 aromatic rings. The van der Waals surface area contributed by atoms with Crippen molar-refractivity contribution in [3.05, 3.63) is 34.3 Å². The maximum atomic E-state index is 11.2. The van der Waals surface area contributed by atoms with E-state index in [0.29, 0.717) is 6.54 Å². The standard InChI is InChI=1S/C12H18BrN3O/c1-16(2)12(17)15-7-6-14-9-10-4-3-5-11(13)8-10/h3-5,8,14H,6-7,9H2,1-2H3,(H,15,17). The van der Waals surface area contributed by atoms with Gasteiger partial charge in [0.25, 0.3) is 0 Å². The Morgan fingerprint density at radius 1 is 1.35 bits per heavy atom. The Hall–Kier alpha value is -1.07. The summed E-state index contributed by atoms with van der Waals surface area (Å²) >= 11 is 3.43. The first-order valence-electron chi connectivity index (χ1n) is 5.50. The minimum Gasteiger partial charge on any atom is -0.337 e. The highest BCUT2D eigenvalue weighted by Gasteiger charge is 2.00. The average molecular weight is 300 g/mol. The molecule has 1 rings (SSSR count). The molecule has 0 aliphatic rings. The van der Waals surface area contributed by atoms with Crippen molar-refractivity contribution in [1.82, 2.24) is 15.5 Å². The fourth-order valence-corrected chi connectivity index (χ4v) is 1.74. The third-order valence-corrected chi connectivity index (χ3v) is 2.70. The Morgan fingerprint density at radius 3 is 2.76 bits per heavy atom. The van der Waals surface area contributed by atoms with Gasteiger partial charge in [0, 0.05) is 38.2 Å². The fourth-order valence-electron chi connectivity index (χ4n) is 1.30. The molecule has 0 radical (unpaired) electrons. The number of hydrogen-bond acceptors (Lipinski definition) is 2. The number of carbonyl (C=O) groups is 1. The molecular weight excluding hydrogens is 282 g/mol. The van der Waals surface area contributed by atoms with Gasteiger partial charge in [-0.15, -0.1) is 0 Å². The summed E-state index contributed by atoms with van der Waals surface area (Å²) in [6.07, 6.45) is 0. The third-order valence-electron chi connectivity index (χ3n) is 2.20. The van der Waals surface area contributed by atoms with Gasteiger partial charge in [-0.3, -0.25) is 0 Å². The summed E-state index contributed by atoms with van der Waals surface area (Å²) in [7, 11) is 3.45. The SMILES string of the molecule is CN(C)C(=O)NCCNCc1cccc(Br)c1. The lowest BCUT2D eigenvalue weighted by molar-refractivity contribution is 0.217. The molecule has 1 aromatic carbocycles. The molecule has 0 fully saturated rings. The molecule has 0 spiro atoms. The highest BCUT2D eigenvalue weighted by molar-refractivity contribution is 9.10. The molecule has 17 heavy (non-hydrogen) atoms. The van der Waals surface area contributed by atoms with E-state index < -0.39 is 0 Å². The van der Waals surface area contributed by atoms with E-state index in [9.17, 15) is 4.79 Å². The van der Waals surface area contributed by atoms with Crippen LogP contribution in [0.3, 0.4) is 0 Å². The van der Waals surface area contributed by atoms with E-state index in [-0.39, 0.29) is 6.03 Å². The van der Waals surface area contributed by atoms with Crippen LogP contribution in [0.2, 0.25) is 0 Å². The minimum absolute atomic E-state index is 0.0609. The Kier molecular flexibility index (Phi) is 6.00. The third kappa shape index (κ3) is 5.70. The second-order valence-corrected chi connectivity index (χ2v) is 4.85. The number of amides is 2. The van der Waals surface area contributed by atoms with Crippen molar-refractivity contribution < 1.29 is 4.79 Å². The number of nitrogens with zero attached hydrogens (tertiary/aromatic N) is 1. The van der Waals surface area contributed by atoms with E-state index in [1.54, 1.807) is 14.1 Å². The van der Waals surface area contributed by atoms with Crippen LogP contribution in [-0.2, 0) is 6.54 Å². The maximum absolute atomic E-state index is 11.2. The van der Waals surface area contributed by atoms with Gasteiger partial charge in [0.2, 0.25) is 0 Å². The molecule has 0 saturated carbocycles. The Balaban J connectivity index is 2.14. The summed E-state index contributed by atoms with van der Waals surface area (Å²) in [5, 5.41) is 6.06. The van der Waals surface area contributed by atoms with Gasteiger partial charge in [0.1, 0.15) is 0 Å². The largest absolute Gasteiger partial charge is 0.337 e. The van der Waals surface area contributed by atoms with Crippen molar-refractivity contribution in [2.24, 2.45) is 0 Å². The number of urea groups is 1. The highest BCUT2D eigenvalue weighted by Crippen LogP contribution is 2.10. The van der Waals surface area contributed by atoms with Crippen LogP contribution in [0, 0.1) is 0 Å². The van der Waals surface area contributed by atoms with Crippen LogP contribution < -0.4 is 10.6 Å². The number of rotatable bonds is 5. The quantitative estimate of drug-likeness (QED) is 0.815. The van der Waals surface area contributed by atoms with E-state index >= 15 is 0 Å². The molecule has 4 nitrogen and oxygen atoms in total. The van der Waals surface area contributed by atoms with E-state index in [2.05, 4.69) is 38.7 Å². The Labute approximate surface area is 111 Å². The van der Waals surface area contributed by atoms with Crippen molar-refractivity contribution in [2.75, 3.05) is 27.2 Å². The highest BCUT2D eigenvalue weighted by atomic mass is 79.9. The van der Waals surface area contributed by atoms with Crippen LogP contribution in [0.25, 0.3) is 0 Å². The molecule has 0 atom stereocenters. The zero-order valence-corrected chi connectivity index (χ0v) is 11.8. The van der Waals surface area contributed by atoms with Gasteiger partial charge in [0.15, 0.2) is 0 Å². The molecule has 0 heterocycles. The van der Waals surface area contributed by atoms with Gasteiger partial charge in [-0.05, 0) is 17.7 Å². The summed E-state index contributed by atoms with van der Waals surface area (Å²) in [6.45, 7) is 2.19. The molecule has 0 saturated heterocycles. The predicted molar refractivity (Wildman–Crippen MR) is 72.9 cm³/mol. The second kappa shape index (κ2) is 7.29. The van der Waals surface area contributed by atoms with Gasteiger partial charge in [-0.2, -0.15) is 0 Å². The molecule has 0 bridgehead atoms. The van der Waals surface area contributed by atoms with Crippen molar-refractivity contribution in [1.29, 1.82) is 0 Å². The first kappa shape index (κ1) is 14.0. The van der Waals surface area contributed by atoms with E-state index in [1.165, 1.54) is 10.5 Å². The topological polar surface area (TPSA) is 44.4 Å². The zero-order chi connectivity index (χ0) is 12.7. The van der Waals surface area contributed by atoms with Gasteiger partial charge in [-0.25, -0.2) is 4.79 Å². The Bertz CT molecular complexity index is 369. The van der Waals surface area contributed by atoms with E-state index in [4.69, 9.17) is 0 Å². The van der Waals surface area contributed by atoms with E-state index in [0.717, 1.165) is 17.6 Å². The van der Waals surface area contributed by atoms with Crippen molar-refractivity contribution >= 4 is 22.0 Å². The molecule has 5 heteroatoms. The van der Waals surface area contributed by atoms with Crippen molar-refractivity contribution in [3.63, 3.8) is 0 Å². The number of hydrogen-bond donors (Lipinski definition) is 2. The summed E-state index contributed by atoms with van der Waals surface area (Å²) in [5.74, 6) is 0. The van der Waals surface area contributed by atoms with Crippen molar-refractivity contribution in [3.8, 4) is 0 Å². The summed E-state index contributed by atoms with van der Waals surface area (Å²) < 4.78 is 1.08. The van der Waals surface area contributed by atoms with Gasteiger partial charge < -0.3 is 15.5 Å². The second-order valence-electron chi connectivity index (χ2n) is 3.93. The van der Waals surface area contributed by atoms with Crippen LogP contribution in [0.1, 0.15) is 5.56 Å². The smallest absolute Gasteiger partial charge is 0.316 e. The summed E-state index contributed by atoms with van der Waals surface area (Å²) in [5.41, 5.74) is 1.22. The maximum Gasteiger partial charge on any atom is 0.316 e. The number of nitrogens with one attached hydrogen (secondary N) is 2. The molecular formula is C12H18BrN3O. The first-order valence-corrected chi connectivity index (χ1v) is 6.29. The van der Waals surface area contributed by atoms with E-state index in [1.807, 2.05) is 12.1 Å². The number of carbonyl (C=O) groups excluding carboxylic acids is 1. The summed E-state index contributed by atoms with van der Waals surface area (Å²) in [6, 6.07) is 8.09. The minimum atomic E-state index is -0.0609. The zero-order valence-electron chi connectivity index (χ0n) is 10.2. The lowest BCUT2D eigenvalue weighted by Gasteiger charge is -2.12. The fraction of sp³-hybridized carbons (Fsp3) is 0.417. The molecule has 0 aliphatic heterocycles. The predicted octanol–water partition coefficient (Wildman–Crippen LogP) is 1.81. The lowest BCUT2D eigenvalue weighted by Crippen LogP contribution is -2.38. The average Bonchev–Trinajstić information content (AvgIpc) is 2.28.